The Morgan fingerprint density at radius 2 is 1.57 bits per heavy atom. The van der Waals surface area contributed by atoms with Gasteiger partial charge in [0.25, 0.3) is 11.8 Å². The molecule has 3 rings (SSSR count). The second-order valence-electron chi connectivity index (χ2n) is 4.90. The molecule has 0 N–H and O–H groups in total. The fourth-order valence-corrected chi connectivity index (χ4v) is 2.20. The maximum atomic E-state index is 12.1. The summed E-state index contributed by atoms with van der Waals surface area (Å²) >= 11 is 0. The Balaban J connectivity index is 1.63. The lowest BCUT2D eigenvalue weighted by Gasteiger charge is -2.11. The number of benzene rings is 1. The number of pyridine rings is 1. The molecule has 0 saturated heterocycles. The summed E-state index contributed by atoms with van der Waals surface area (Å²) in [4.78, 5) is 29.5. The van der Waals surface area contributed by atoms with E-state index in [1.54, 1.807) is 24.3 Å². The topological polar surface area (TPSA) is 50.5 Å². The molecule has 106 valence electrons. The molecule has 2 amide bonds. The molecular formula is C16H15N2O3+. The van der Waals surface area contributed by atoms with Crippen LogP contribution in [0.4, 0.5) is 0 Å². The van der Waals surface area contributed by atoms with Gasteiger partial charge in [-0.1, -0.05) is 12.1 Å². The lowest BCUT2D eigenvalue weighted by Crippen LogP contribution is -2.38. The molecule has 0 aliphatic carbocycles. The largest absolute Gasteiger partial charge is 0.285 e. The zero-order valence-electron chi connectivity index (χ0n) is 11.7. The molecule has 0 bridgehead atoms. The Labute approximate surface area is 122 Å². The molecule has 2 aromatic rings. The summed E-state index contributed by atoms with van der Waals surface area (Å²) < 4.78 is 1.94. The molecule has 0 atom stereocenters. The number of carbonyl (C=O) groups excluding carboxylic acids is 2. The van der Waals surface area contributed by atoms with Crippen LogP contribution in [0.3, 0.4) is 0 Å². The summed E-state index contributed by atoms with van der Waals surface area (Å²) in [5.74, 6) is -0.797. The van der Waals surface area contributed by atoms with E-state index in [0.29, 0.717) is 17.7 Å². The SMILES string of the molecule is Cc1cc[n+](CCON2C(=O)c3ccccc3C2=O)cc1. The molecule has 1 aliphatic rings. The van der Waals surface area contributed by atoms with E-state index < -0.39 is 11.8 Å². The molecule has 1 aromatic heterocycles. The molecule has 2 heterocycles. The van der Waals surface area contributed by atoms with Crippen molar-refractivity contribution < 1.29 is 19.0 Å². The fraction of sp³-hybridized carbons (Fsp3) is 0.188. The van der Waals surface area contributed by atoms with E-state index in [-0.39, 0.29) is 6.61 Å². The van der Waals surface area contributed by atoms with Crippen LogP contribution < -0.4 is 4.57 Å². The maximum absolute atomic E-state index is 12.1. The number of rotatable bonds is 4. The summed E-state index contributed by atoms with van der Waals surface area (Å²) in [7, 11) is 0. The van der Waals surface area contributed by atoms with Crippen LogP contribution in [0.15, 0.2) is 48.8 Å². The lowest BCUT2D eigenvalue weighted by atomic mass is 10.1. The Morgan fingerprint density at radius 3 is 2.14 bits per heavy atom. The molecule has 21 heavy (non-hydrogen) atoms. The molecule has 5 nitrogen and oxygen atoms in total. The first-order chi connectivity index (χ1) is 10.2. The summed E-state index contributed by atoms with van der Waals surface area (Å²) in [6.07, 6.45) is 3.86. The molecule has 0 spiro atoms. The average molecular weight is 283 g/mol. The summed E-state index contributed by atoms with van der Waals surface area (Å²) in [6.45, 7) is 2.83. The number of hydroxylamine groups is 2. The van der Waals surface area contributed by atoms with E-state index in [0.717, 1.165) is 5.06 Å². The third kappa shape index (κ3) is 2.55. The number of imide groups is 1. The first-order valence-electron chi connectivity index (χ1n) is 6.73. The summed E-state index contributed by atoms with van der Waals surface area (Å²) in [5.41, 5.74) is 1.96. The number of amides is 2. The first kappa shape index (κ1) is 13.5. The normalized spacial score (nSPS) is 13.7. The van der Waals surface area contributed by atoms with Gasteiger partial charge in [0.2, 0.25) is 0 Å². The van der Waals surface area contributed by atoms with Crippen LogP contribution >= 0.6 is 0 Å². The smallest absolute Gasteiger partial charge is 0.266 e. The van der Waals surface area contributed by atoms with Crippen molar-refractivity contribution in [3.05, 3.63) is 65.5 Å². The molecular weight excluding hydrogens is 268 g/mol. The van der Waals surface area contributed by atoms with Crippen molar-refractivity contribution in [3.63, 3.8) is 0 Å². The van der Waals surface area contributed by atoms with Crippen LogP contribution in [-0.4, -0.2) is 23.5 Å². The van der Waals surface area contributed by atoms with Gasteiger partial charge in [0.1, 0.15) is 6.61 Å². The average Bonchev–Trinajstić information content (AvgIpc) is 2.75. The standard InChI is InChI=1S/C16H15N2O3/c1-12-6-8-17(9-7-12)10-11-21-18-15(19)13-4-2-3-5-14(13)16(18)20/h2-9H,10-11H2,1H3/q+1. The fourth-order valence-electron chi connectivity index (χ4n) is 2.20. The summed E-state index contributed by atoms with van der Waals surface area (Å²) in [5, 5.41) is 0.847. The molecule has 0 fully saturated rings. The lowest BCUT2D eigenvalue weighted by molar-refractivity contribution is -0.699. The number of aromatic nitrogens is 1. The molecule has 5 heteroatoms. The van der Waals surface area contributed by atoms with Crippen molar-refractivity contribution in [2.45, 2.75) is 13.5 Å². The van der Waals surface area contributed by atoms with Crippen LogP contribution in [-0.2, 0) is 11.4 Å². The highest BCUT2D eigenvalue weighted by Crippen LogP contribution is 2.22. The van der Waals surface area contributed by atoms with Gasteiger partial charge in [-0.15, -0.1) is 5.06 Å². The first-order valence-corrected chi connectivity index (χ1v) is 6.73. The second kappa shape index (κ2) is 5.46. The van der Waals surface area contributed by atoms with Crippen molar-refractivity contribution in [1.29, 1.82) is 0 Å². The third-order valence-corrected chi connectivity index (χ3v) is 3.38. The Morgan fingerprint density at radius 1 is 1.00 bits per heavy atom. The highest BCUT2D eigenvalue weighted by atomic mass is 16.7. The van der Waals surface area contributed by atoms with Crippen LogP contribution in [0, 0.1) is 6.92 Å². The number of nitrogens with zero attached hydrogens (tertiary/aromatic N) is 2. The highest BCUT2D eigenvalue weighted by Gasteiger charge is 2.36. The van der Waals surface area contributed by atoms with E-state index in [1.807, 2.05) is 36.0 Å². The number of carbonyl (C=O) groups is 2. The van der Waals surface area contributed by atoms with E-state index >= 15 is 0 Å². The quantitative estimate of drug-likeness (QED) is 0.631. The van der Waals surface area contributed by atoms with E-state index in [1.165, 1.54) is 5.56 Å². The van der Waals surface area contributed by atoms with Crippen molar-refractivity contribution >= 4 is 11.8 Å². The van der Waals surface area contributed by atoms with Gasteiger partial charge in [0, 0.05) is 12.1 Å². The molecule has 0 unspecified atom stereocenters. The van der Waals surface area contributed by atoms with E-state index in [2.05, 4.69) is 0 Å². The number of hydrogen-bond acceptors (Lipinski definition) is 3. The zero-order chi connectivity index (χ0) is 14.8. The minimum atomic E-state index is -0.399. The van der Waals surface area contributed by atoms with Gasteiger partial charge in [-0.2, -0.15) is 0 Å². The van der Waals surface area contributed by atoms with Gasteiger partial charge < -0.3 is 0 Å². The van der Waals surface area contributed by atoms with Gasteiger partial charge in [-0.05, 0) is 24.6 Å². The number of fused-ring (bicyclic) bond motifs is 1. The van der Waals surface area contributed by atoms with E-state index in [9.17, 15) is 9.59 Å². The molecule has 1 aromatic carbocycles. The number of aryl methyl sites for hydroxylation is 1. The highest BCUT2D eigenvalue weighted by molar-refractivity contribution is 6.20. The Hall–Kier alpha value is -2.53. The van der Waals surface area contributed by atoms with Crippen molar-refractivity contribution in [1.82, 2.24) is 5.06 Å². The maximum Gasteiger partial charge on any atom is 0.285 e. The van der Waals surface area contributed by atoms with Crippen LogP contribution in [0.1, 0.15) is 26.3 Å². The second-order valence-corrected chi connectivity index (χ2v) is 4.90. The third-order valence-electron chi connectivity index (χ3n) is 3.38. The van der Waals surface area contributed by atoms with E-state index in [4.69, 9.17) is 4.84 Å². The van der Waals surface area contributed by atoms with Gasteiger partial charge in [0.05, 0.1) is 11.1 Å². The summed E-state index contributed by atoms with van der Waals surface area (Å²) in [6, 6.07) is 10.7. The molecule has 0 radical (unpaired) electrons. The predicted octanol–water partition coefficient (Wildman–Crippen LogP) is 1.51. The molecule has 0 saturated carbocycles. The zero-order valence-corrected chi connectivity index (χ0v) is 11.7. The Kier molecular flexibility index (Phi) is 3.50. The Bertz CT molecular complexity index is 660. The van der Waals surface area contributed by atoms with Gasteiger partial charge in [-0.25, -0.2) is 4.57 Å². The van der Waals surface area contributed by atoms with Crippen molar-refractivity contribution in [2.24, 2.45) is 0 Å². The van der Waals surface area contributed by atoms with Gasteiger partial charge in [0.15, 0.2) is 18.9 Å². The van der Waals surface area contributed by atoms with Gasteiger partial charge >= 0.3 is 0 Å². The molecule has 1 aliphatic heterocycles. The number of hydrogen-bond donors (Lipinski definition) is 0. The monoisotopic (exact) mass is 283 g/mol. The van der Waals surface area contributed by atoms with Crippen molar-refractivity contribution in [3.8, 4) is 0 Å². The van der Waals surface area contributed by atoms with Crippen LogP contribution in [0.2, 0.25) is 0 Å². The van der Waals surface area contributed by atoms with Crippen LogP contribution in [0.25, 0.3) is 0 Å². The van der Waals surface area contributed by atoms with Crippen molar-refractivity contribution in [2.75, 3.05) is 6.61 Å². The minimum absolute atomic E-state index is 0.249. The predicted molar refractivity (Wildman–Crippen MR) is 74.3 cm³/mol. The van der Waals surface area contributed by atoms with Crippen LogP contribution in [0.5, 0.6) is 0 Å². The van der Waals surface area contributed by atoms with Gasteiger partial charge in [-0.3, -0.25) is 14.4 Å². The minimum Gasteiger partial charge on any atom is -0.266 e.